The molecule has 198 valence electrons. The molecule has 2 amide bonds. The number of amides is 2. The summed E-state index contributed by atoms with van der Waals surface area (Å²) in [7, 11) is 1.60. The number of carbonyl (C=O) groups excluding carboxylic acids is 2. The van der Waals surface area contributed by atoms with Crippen molar-refractivity contribution in [3.05, 3.63) is 59.0 Å². The van der Waals surface area contributed by atoms with Gasteiger partial charge in [0.25, 0.3) is 11.8 Å². The summed E-state index contributed by atoms with van der Waals surface area (Å²) in [6.07, 6.45) is 3.54. The summed E-state index contributed by atoms with van der Waals surface area (Å²) >= 11 is 0. The van der Waals surface area contributed by atoms with Crippen molar-refractivity contribution >= 4 is 22.7 Å². The Kier molecular flexibility index (Phi) is 8.43. The summed E-state index contributed by atoms with van der Waals surface area (Å²) in [5.41, 5.74) is 2.45. The Hall–Kier alpha value is -3.46. The lowest BCUT2D eigenvalue weighted by atomic mass is 9.96. The third-order valence-corrected chi connectivity index (χ3v) is 6.73. The van der Waals surface area contributed by atoms with Crippen molar-refractivity contribution in [1.82, 2.24) is 20.0 Å². The van der Waals surface area contributed by atoms with E-state index in [-0.39, 0.29) is 23.5 Å². The van der Waals surface area contributed by atoms with Gasteiger partial charge in [-0.15, -0.1) is 0 Å². The number of methoxy groups -OCH3 is 1. The zero-order valence-electron chi connectivity index (χ0n) is 21.9. The van der Waals surface area contributed by atoms with Crippen molar-refractivity contribution in [3.8, 4) is 5.75 Å². The van der Waals surface area contributed by atoms with Gasteiger partial charge in [-0.2, -0.15) is 5.10 Å². The molecule has 9 heteroatoms. The first-order valence-corrected chi connectivity index (χ1v) is 12.8. The molecule has 0 atom stereocenters. The van der Waals surface area contributed by atoms with Gasteiger partial charge in [0, 0.05) is 56.5 Å². The first-order valence-electron chi connectivity index (χ1n) is 12.8. The van der Waals surface area contributed by atoms with Crippen LogP contribution in [0.25, 0.3) is 10.9 Å². The van der Waals surface area contributed by atoms with Gasteiger partial charge < -0.3 is 19.7 Å². The molecule has 4 rings (SSSR count). The zero-order valence-corrected chi connectivity index (χ0v) is 21.9. The highest BCUT2D eigenvalue weighted by Gasteiger charge is 2.26. The first-order chi connectivity index (χ1) is 17.8. The predicted octanol–water partition coefficient (Wildman–Crippen LogP) is 4.20. The summed E-state index contributed by atoms with van der Waals surface area (Å²) in [5, 5.41) is 8.52. The highest BCUT2D eigenvalue weighted by Crippen LogP contribution is 2.26. The standard InChI is InChI=1S/C28H35FN4O4/c1-18(2)37-21-5-6-23(25(29)15-21)28(35)32-12-9-20(10-13-32)16-33-17-24-19(3)22(7-8-26(24)31-33)27(34)30-11-14-36-4/h5-8,15,17-18,20H,9-14,16H2,1-4H3,(H,30,34). The lowest BCUT2D eigenvalue weighted by Crippen LogP contribution is -2.39. The largest absolute Gasteiger partial charge is 0.491 e. The molecular formula is C28H35FN4O4. The van der Waals surface area contributed by atoms with Gasteiger partial charge in [-0.05, 0) is 69.4 Å². The van der Waals surface area contributed by atoms with Crippen LogP contribution in [0.4, 0.5) is 4.39 Å². The molecule has 2 heterocycles. The Bertz CT molecular complexity index is 1260. The second-order valence-electron chi connectivity index (χ2n) is 9.81. The molecule has 0 radical (unpaired) electrons. The lowest BCUT2D eigenvalue weighted by Gasteiger charge is -2.32. The molecule has 0 spiro atoms. The van der Waals surface area contributed by atoms with Gasteiger partial charge in [0.2, 0.25) is 0 Å². The summed E-state index contributed by atoms with van der Waals surface area (Å²) in [6, 6.07) is 8.10. The first kappa shape index (κ1) is 26.6. The van der Waals surface area contributed by atoms with Crippen LogP contribution in [0.1, 0.15) is 53.0 Å². The van der Waals surface area contributed by atoms with Crippen LogP contribution in [0.3, 0.4) is 0 Å². The Morgan fingerprint density at radius 2 is 1.89 bits per heavy atom. The van der Waals surface area contributed by atoms with Crippen LogP contribution in [-0.2, 0) is 11.3 Å². The predicted molar refractivity (Wildman–Crippen MR) is 139 cm³/mol. The number of halogens is 1. The van der Waals surface area contributed by atoms with Gasteiger partial charge in [-0.1, -0.05) is 0 Å². The molecule has 1 saturated heterocycles. The number of hydrogen-bond acceptors (Lipinski definition) is 5. The molecule has 1 aliphatic rings. The van der Waals surface area contributed by atoms with Gasteiger partial charge in [0.15, 0.2) is 0 Å². The monoisotopic (exact) mass is 510 g/mol. The smallest absolute Gasteiger partial charge is 0.256 e. The van der Waals surface area contributed by atoms with Gasteiger partial charge in [0.05, 0.1) is 23.8 Å². The average molecular weight is 511 g/mol. The van der Waals surface area contributed by atoms with Crippen molar-refractivity contribution < 1.29 is 23.5 Å². The van der Waals surface area contributed by atoms with Gasteiger partial charge >= 0.3 is 0 Å². The minimum atomic E-state index is -0.560. The molecule has 0 saturated carbocycles. The van der Waals surface area contributed by atoms with Crippen molar-refractivity contribution in [2.24, 2.45) is 5.92 Å². The number of ether oxygens (including phenoxy) is 2. The molecule has 1 N–H and O–H groups in total. The summed E-state index contributed by atoms with van der Waals surface area (Å²) in [5.74, 6) is -0.204. The molecule has 0 aliphatic carbocycles. The molecular weight excluding hydrogens is 475 g/mol. The number of piperidine rings is 1. The highest BCUT2D eigenvalue weighted by atomic mass is 19.1. The molecule has 0 unspecified atom stereocenters. The number of likely N-dealkylation sites (tertiary alicyclic amines) is 1. The number of nitrogens with one attached hydrogen (secondary N) is 1. The number of fused-ring (bicyclic) bond motifs is 1. The zero-order chi connectivity index (χ0) is 26.5. The van der Waals surface area contributed by atoms with Gasteiger partial charge in [-0.3, -0.25) is 14.3 Å². The maximum atomic E-state index is 14.6. The van der Waals surface area contributed by atoms with Crippen LogP contribution in [0.15, 0.2) is 36.5 Å². The Morgan fingerprint density at radius 1 is 1.16 bits per heavy atom. The number of hydrogen-bond donors (Lipinski definition) is 1. The van der Waals surface area contributed by atoms with Crippen LogP contribution in [0, 0.1) is 18.7 Å². The number of carbonyl (C=O) groups is 2. The third-order valence-electron chi connectivity index (χ3n) is 6.73. The Balaban J connectivity index is 1.36. The van der Waals surface area contributed by atoms with E-state index in [1.54, 1.807) is 18.1 Å². The molecule has 1 aliphatic heterocycles. The van der Waals surface area contributed by atoms with E-state index < -0.39 is 5.82 Å². The average Bonchev–Trinajstić information content (AvgIpc) is 3.27. The Morgan fingerprint density at radius 3 is 2.57 bits per heavy atom. The molecule has 1 aromatic heterocycles. The van der Waals surface area contributed by atoms with E-state index in [1.807, 2.05) is 43.8 Å². The maximum absolute atomic E-state index is 14.6. The maximum Gasteiger partial charge on any atom is 0.256 e. The molecule has 1 fully saturated rings. The lowest BCUT2D eigenvalue weighted by molar-refractivity contribution is 0.0676. The van der Waals surface area contributed by atoms with Crippen molar-refractivity contribution in [2.75, 3.05) is 33.4 Å². The fraction of sp³-hybridized carbons (Fsp3) is 0.464. The third kappa shape index (κ3) is 6.28. The number of rotatable bonds is 9. The van der Waals surface area contributed by atoms with Crippen LogP contribution < -0.4 is 10.1 Å². The van der Waals surface area contributed by atoms with E-state index in [1.165, 1.54) is 12.1 Å². The van der Waals surface area contributed by atoms with E-state index in [9.17, 15) is 14.0 Å². The number of nitrogens with zero attached hydrogens (tertiary/aromatic N) is 3. The van der Waals surface area contributed by atoms with Crippen LogP contribution in [-0.4, -0.2) is 65.9 Å². The summed E-state index contributed by atoms with van der Waals surface area (Å²) < 4.78 is 27.0. The van der Waals surface area contributed by atoms with Crippen molar-refractivity contribution in [3.63, 3.8) is 0 Å². The van der Waals surface area contributed by atoms with Crippen LogP contribution >= 0.6 is 0 Å². The number of aryl methyl sites for hydroxylation is 1. The fourth-order valence-electron chi connectivity index (χ4n) is 4.75. The van der Waals surface area contributed by atoms with Gasteiger partial charge in [0.1, 0.15) is 11.6 Å². The molecule has 0 bridgehead atoms. The van der Waals surface area contributed by atoms with E-state index in [0.717, 1.165) is 35.9 Å². The molecule has 3 aromatic rings. The van der Waals surface area contributed by atoms with Gasteiger partial charge in [-0.25, -0.2) is 4.39 Å². The number of benzene rings is 2. The number of aromatic nitrogens is 2. The topological polar surface area (TPSA) is 85.7 Å². The van der Waals surface area contributed by atoms with Crippen LogP contribution in [0.5, 0.6) is 5.75 Å². The van der Waals surface area contributed by atoms with E-state index in [4.69, 9.17) is 14.6 Å². The minimum Gasteiger partial charge on any atom is -0.491 e. The molecule has 37 heavy (non-hydrogen) atoms. The van der Waals surface area contributed by atoms with Crippen molar-refractivity contribution in [2.45, 2.75) is 46.3 Å². The quantitative estimate of drug-likeness (QED) is 0.436. The summed E-state index contributed by atoms with van der Waals surface area (Å²) in [4.78, 5) is 27.2. The molecule has 8 nitrogen and oxygen atoms in total. The Labute approximate surface area is 216 Å². The van der Waals surface area contributed by atoms with E-state index in [2.05, 4.69) is 5.32 Å². The van der Waals surface area contributed by atoms with Crippen LogP contribution in [0.2, 0.25) is 0 Å². The fourth-order valence-corrected chi connectivity index (χ4v) is 4.75. The highest BCUT2D eigenvalue weighted by molar-refractivity contribution is 6.00. The van der Waals surface area contributed by atoms with E-state index >= 15 is 0 Å². The minimum absolute atomic E-state index is 0.0658. The molecule has 2 aromatic carbocycles. The van der Waals surface area contributed by atoms with Crippen molar-refractivity contribution in [1.29, 1.82) is 0 Å². The SMILES string of the molecule is COCCNC(=O)c1ccc2nn(CC3CCN(C(=O)c4ccc(OC(C)C)cc4F)CC3)cc2c1C. The second-order valence-corrected chi connectivity index (χ2v) is 9.81. The van der Waals surface area contributed by atoms with E-state index in [0.29, 0.717) is 43.5 Å². The summed E-state index contributed by atoms with van der Waals surface area (Å²) in [6.45, 7) is 8.45. The normalized spacial score (nSPS) is 14.4. The second kappa shape index (κ2) is 11.7.